The maximum absolute atomic E-state index is 12.2. The van der Waals surface area contributed by atoms with Gasteiger partial charge in [-0.1, -0.05) is 0 Å². The number of carboxylic acid groups (broad SMARTS) is 2. The number of hydrogen-bond donors (Lipinski definition) is 6. The zero-order chi connectivity index (χ0) is 22.1. The first-order valence-electron chi connectivity index (χ1n) is 8.19. The van der Waals surface area contributed by atoms with Gasteiger partial charge in [-0.05, 0) is 0 Å². The second-order valence-electron chi connectivity index (χ2n) is 5.88. The highest BCUT2D eigenvalue weighted by Crippen LogP contribution is 2.37. The highest BCUT2D eigenvalue weighted by atomic mass is 32.2. The van der Waals surface area contributed by atoms with Gasteiger partial charge in [-0.2, -0.15) is 0 Å². The average Bonchev–Trinajstić information content (AvgIpc) is 2.64. The number of aromatic hydroxyl groups is 3. The molecule has 0 aliphatic rings. The predicted octanol–water partition coefficient (Wildman–Crippen LogP) is -4.61. The molecule has 0 aliphatic carbocycles. The molecule has 1 aromatic rings. The van der Waals surface area contributed by atoms with E-state index >= 15 is 0 Å². The number of phenolic OH excluding ortho intramolecular Hbond substituents is 3. The topological polar surface area (TPSA) is 227 Å². The van der Waals surface area contributed by atoms with Crippen LogP contribution < -0.4 is 26.6 Å². The fraction of sp³-hybridized carbons (Fsp3) is 0.375. The number of benzene rings is 1. The van der Waals surface area contributed by atoms with Crippen LogP contribution in [-0.2, 0) is 19.2 Å². The van der Waals surface area contributed by atoms with E-state index in [1.807, 2.05) is 5.32 Å². The van der Waals surface area contributed by atoms with Crippen molar-refractivity contribution in [3.63, 3.8) is 0 Å². The van der Waals surface area contributed by atoms with E-state index in [2.05, 4.69) is 11.1 Å². The Morgan fingerprint density at radius 1 is 1.07 bits per heavy atom. The van der Waals surface area contributed by atoms with Crippen molar-refractivity contribution in [3.8, 4) is 17.2 Å². The SMILES string of the molecule is [NH3+][C@@H](CCC(=O)N[C@@H](CSc1cc(O)c(O)cc1O)C(=O)NCC(=O)[O-])C(=O)[O-]. The number of phenols is 3. The largest absolute Gasteiger partial charge is 0.548 e. The molecule has 0 aromatic heterocycles. The predicted molar refractivity (Wildman–Crippen MR) is 93.0 cm³/mol. The van der Waals surface area contributed by atoms with Gasteiger partial charge in [0.2, 0.25) is 11.8 Å². The molecule has 0 saturated carbocycles. The molecule has 1 aromatic carbocycles. The minimum atomic E-state index is -1.55. The van der Waals surface area contributed by atoms with E-state index in [0.717, 1.165) is 23.9 Å². The van der Waals surface area contributed by atoms with Gasteiger partial charge in [0.25, 0.3) is 0 Å². The lowest BCUT2D eigenvalue weighted by Gasteiger charge is -2.19. The Hall–Kier alpha value is -3.19. The highest BCUT2D eigenvalue weighted by Gasteiger charge is 2.22. The number of carboxylic acids is 2. The van der Waals surface area contributed by atoms with Crippen LogP contribution in [0.25, 0.3) is 0 Å². The Bertz CT molecular complexity index is 787. The zero-order valence-electron chi connectivity index (χ0n) is 15.0. The third kappa shape index (κ3) is 8.15. The van der Waals surface area contributed by atoms with Crippen LogP contribution in [-0.4, -0.2) is 63.5 Å². The maximum atomic E-state index is 12.2. The van der Waals surface area contributed by atoms with Gasteiger partial charge in [0.1, 0.15) is 17.8 Å². The molecule has 0 fully saturated rings. The average molecular weight is 430 g/mol. The van der Waals surface area contributed by atoms with Crippen molar-refractivity contribution >= 4 is 35.5 Å². The Morgan fingerprint density at radius 3 is 2.28 bits per heavy atom. The maximum Gasteiger partial charge on any atom is 0.243 e. The summed E-state index contributed by atoms with van der Waals surface area (Å²) in [6.45, 7) is -0.799. The van der Waals surface area contributed by atoms with Crippen LogP contribution in [0.3, 0.4) is 0 Å². The van der Waals surface area contributed by atoms with Crippen LogP contribution in [0.4, 0.5) is 0 Å². The quantitative estimate of drug-likeness (QED) is 0.112. The molecule has 0 spiro atoms. The molecule has 0 saturated heterocycles. The molecule has 0 radical (unpaired) electrons. The molecule has 0 bridgehead atoms. The Balaban J connectivity index is 2.81. The van der Waals surface area contributed by atoms with E-state index in [9.17, 15) is 44.7 Å². The third-order valence-corrected chi connectivity index (χ3v) is 4.71. The van der Waals surface area contributed by atoms with Crippen LogP contribution >= 0.6 is 11.8 Å². The number of amides is 2. The van der Waals surface area contributed by atoms with Gasteiger partial charge < -0.3 is 51.5 Å². The summed E-state index contributed by atoms with van der Waals surface area (Å²) < 4.78 is 0. The lowest BCUT2D eigenvalue weighted by atomic mass is 10.1. The van der Waals surface area contributed by atoms with Gasteiger partial charge >= 0.3 is 0 Å². The Labute approximate surface area is 168 Å². The van der Waals surface area contributed by atoms with Crippen LogP contribution in [0.15, 0.2) is 17.0 Å². The van der Waals surface area contributed by atoms with E-state index in [-0.39, 0.29) is 29.2 Å². The van der Waals surface area contributed by atoms with Crippen LogP contribution in [0.1, 0.15) is 12.8 Å². The van der Waals surface area contributed by atoms with E-state index in [1.165, 1.54) is 0 Å². The summed E-state index contributed by atoms with van der Waals surface area (Å²) in [4.78, 5) is 45.4. The summed E-state index contributed by atoms with van der Waals surface area (Å²) in [6.07, 6.45) is -0.413. The second kappa shape index (κ2) is 11.0. The third-order valence-electron chi connectivity index (χ3n) is 3.57. The monoisotopic (exact) mass is 430 g/mol. The first-order valence-corrected chi connectivity index (χ1v) is 9.18. The molecule has 0 heterocycles. The lowest BCUT2D eigenvalue weighted by Crippen LogP contribution is -2.68. The van der Waals surface area contributed by atoms with E-state index in [0.29, 0.717) is 0 Å². The first-order chi connectivity index (χ1) is 13.5. The number of nitrogens with one attached hydrogen (secondary N) is 2. The number of carbonyl (C=O) groups is 4. The minimum absolute atomic E-state index is 0.0852. The molecule has 0 aliphatic heterocycles. The van der Waals surface area contributed by atoms with Crippen molar-refractivity contribution in [2.45, 2.75) is 29.8 Å². The summed E-state index contributed by atoms with van der Waals surface area (Å²) in [5, 5.41) is 54.1. The molecule has 29 heavy (non-hydrogen) atoms. The number of rotatable bonds is 11. The molecular formula is C16H20N3O9S-. The number of quaternary nitrogens is 1. The van der Waals surface area contributed by atoms with Crippen LogP contribution in [0.2, 0.25) is 0 Å². The smallest absolute Gasteiger partial charge is 0.243 e. The summed E-state index contributed by atoms with van der Waals surface area (Å²) in [7, 11) is 0. The molecule has 2 amide bonds. The summed E-state index contributed by atoms with van der Waals surface area (Å²) in [5.41, 5.74) is 3.30. The Kier molecular flexibility index (Phi) is 9.02. The lowest BCUT2D eigenvalue weighted by molar-refractivity contribution is -0.438. The van der Waals surface area contributed by atoms with Crippen LogP contribution in [0, 0.1) is 0 Å². The number of aliphatic carboxylic acids is 2. The molecular weight excluding hydrogens is 410 g/mol. The highest BCUT2D eigenvalue weighted by molar-refractivity contribution is 7.99. The van der Waals surface area contributed by atoms with E-state index < -0.39 is 53.9 Å². The van der Waals surface area contributed by atoms with Crippen molar-refractivity contribution in [2.75, 3.05) is 12.3 Å². The van der Waals surface area contributed by atoms with Gasteiger partial charge in [-0.15, -0.1) is 11.8 Å². The van der Waals surface area contributed by atoms with E-state index in [4.69, 9.17) is 0 Å². The van der Waals surface area contributed by atoms with Gasteiger partial charge in [0.05, 0.1) is 23.4 Å². The first kappa shape index (κ1) is 23.8. The molecule has 2 atom stereocenters. The van der Waals surface area contributed by atoms with Gasteiger partial charge in [-0.3, -0.25) is 9.59 Å². The molecule has 13 heteroatoms. The summed E-state index contributed by atoms with van der Waals surface area (Å²) >= 11 is 0.836. The van der Waals surface area contributed by atoms with E-state index in [1.54, 1.807) is 0 Å². The molecule has 8 N–H and O–H groups in total. The standard InChI is InChI=1S/C16H21N3O9S/c17-7(16(27)28)1-2-13(23)19-8(15(26)18-5-14(24)25)6-29-12-4-10(21)9(20)3-11(12)22/h3-4,7-8,20-22H,1-2,5-6,17H2,(H,18,26)(H,19,23)(H,24,25)(H,27,28)/p-1/t7-,8-/m0/s1. The van der Waals surface area contributed by atoms with Crippen molar-refractivity contribution < 1.29 is 50.4 Å². The molecule has 0 unspecified atom stereocenters. The second-order valence-corrected chi connectivity index (χ2v) is 6.95. The van der Waals surface area contributed by atoms with Crippen molar-refractivity contribution in [1.29, 1.82) is 0 Å². The molecule has 1 rings (SSSR count). The van der Waals surface area contributed by atoms with Crippen molar-refractivity contribution in [1.82, 2.24) is 10.6 Å². The minimum Gasteiger partial charge on any atom is -0.548 e. The number of carbonyl (C=O) groups excluding carboxylic acids is 4. The van der Waals surface area contributed by atoms with Gasteiger partial charge in [0.15, 0.2) is 11.5 Å². The van der Waals surface area contributed by atoms with Gasteiger partial charge in [-0.25, -0.2) is 0 Å². The Morgan fingerprint density at radius 2 is 1.69 bits per heavy atom. The zero-order valence-corrected chi connectivity index (χ0v) is 15.9. The summed E-state index contributed by atoms with van der Waals surface area (Å²) in [5.74, 6) is -6.17. The molecule has 12 nitrogen and oxygen atoms in total. The van der Waals surface area contributed by atoms with Crippen molar-refractivity contribution in [2.24, 2.45) is 0 Å². The summed E-state index contributed by atoms with van der Waals surface area (Å²) in [6, 6.07) is -0.457. The number of thioether (sulfide) groups is 1. The fourth-order valence-electron chi connectivity index (χ4n) is 1.99. The number of hydrogen-bond acceptors (Lipinski definition) is 10. The van der Waals surface area contributed by atoms with Crippen LogP contribution in [0.5, 0.6) is 17.2 Å². The van der Waals surface area contributed by atoms with Gasteiger partial charge in [0, 0.05) is 30.7 Å². The molecule has 160 valence electrons. The van der Waals surface area contributed by atoms with Crippen molar-refractivity contribution in [3.05, 3.63) is 12.1 Å². The normalized spacial score (nSPS) is 12.6. The fourth-order valence-corrected chi connectivity index (χ4v) is 2.97.